The Morgan fingerprint density at radius 2 is 1.71 bits per heavy atom. The molecule has 5 heteroatoms. The van der Waals surface area contributed by atoms with Crippen molar-refractivity contribution < 1.29 is 9.59 Å². The Morgan fingerprint density at radius 3 is 2.37 bits per heavy atom. The maximum Gasteiger partial charge on any atom is 0.224 e. The lowest BCUT2D eigenvalue weighted by atomic mass is 9.77. The van der Waals surface area contributed by atoms with Crippen LogP contribution in [-0.4, -0.2) is 16.7 Å². The van der Waals surface area contributed by atoms with Crippen LogP contribution in [0.15, 0.2) is 84.3 Å². The first kappa shape index (κ1) is 23.0. The van der Waals surface area contributed by atoms with Gasteiger partial charge in [-0.3, -0.25) is 19.5 Å². The third kappa shape index (κ3) is 4.27. The number of anilines is 2. The van der Waals surface area contributed by atoms with E-state index in [4.69, 9.17) is 0 Å². The van der Waals surface area contributed by atoms with Crippen molar-refractivity contribution in [2.45, 2.75) is 57.9 Å². The molecule has 5 rings (SSSR count). The fourth-order valence-corrected chi connectivity index (χ4v) is 5.28. The number of hydrogen-bond donors (Lipinski definition) is 1. The first-order chi connectivity index (χ1) is 16.7. The molecule has 1 aliphatic heterocycles. The number of benzene rings is 2. The van der Waals surface area contributed by atoms with E-state index in [0.717, 1.165) is 22.6 Å². The van der Waals surface area contributed by atoms with Gasteiger partial charge in [0.15, 0.2) is 5.78 Å². The maximum absolute atomic E-state index is 13.8. The van der Waals surface area contributed by atoms with Gasteiger partial charge < -0.3 is 5.32 Å². The summed E-state index contributed by atoms with van der Waals surface area (Å²) in [5.74, 6) is 0.0273. The molecule has 1 amide bonds. The minimum Gasteiger partial charge on any atom is -0.357 e. The van der Waals surface area contributed by atoms with Crippen LogP contribution in [0.4, 0.5) is 11.4 Å². The molecule has 2 heterocycles. The van der Waals surface area contributed by atoms with Crippen LogP contribution in [0.5, 0.6) is 0 Å². The van der Waals surface area contributed by atoms with E-state index in [1.54, 1.807) is 24.2 Å². The summed E-state index contributed by atoms with van der Waals surface area (Å²) in [6.45, 7) is 8.17. The van der Waals surface area contributed by atoms with Crippen LogP contribution in [0, 0.1) is 0 Å². The number of fused-ring (bicyclic) bond motifs is 1. The van der Waals surface area contributed by atoms with Gasteiger partial charge in [0.25, 0.3) is 0 Å². The van der Waals surface area contributed by atoms with Crippen molar-refractivity contribution in [2.75, 3.05) is 10.2 Å². The van der Waals surface area contributed by atoms with Gasteiger partial charge in [0.05, 0.1) is 17.4 Å². The largest absolute Gasteiger partial charge is 0.357 e. The predicted molar refractivity (Wildman–Crippen MR) is 139 cm³/mol. The molecule has 3 aromatic rings. The number of carbonyl (C=O) groups excluding carboxylic acids is 2. The van der Waals surface area contributed by atoms with Crippen molar-refractivity contribution in [3.63, 3.8) is 0 Å². The van der Waals surface area contributed by atoms with Gasteiger partial charge in [0.1, 0.15) is 0 Å². The SMILES string of the molecule is CC(=O)N1c2ccccc2NC2=C(C(=O)C[C@@H](c3ccc(C(C)(C)C)cc3)C2)[C@@H]1c1cccnc1. The molecule has 0 unspecified atom stereocenters. The molecule has 1 aliphatic carbocycles. The van der Waals surface area contributed by atoms with Gasteiger partial charge in [-0.05, 0) is 52.6 Å². The molecular weight excluding hydrogens is 434 g/mol. The number of Topliss-reactive ketones (excluding diaryl/α,β-unsaturated/α-hetero) is 1. The lowest BCUT2D eigenvalue weighted by Crippen LogP contribution is -2.37. The Kier molecular flexibility index (Phi) is 5.79. The monoisotopic (exact) mass is 465 g/mol. The van der Waals surface area contributed by atoms with Gasteiger partial charge in [0, 0.05) is 37.0 Å². The number of carbonyl (C=O) groups is 2. The van der Waals surface area contributed by atoms with Gasteiger partial charge in [0.2, 0.25) is 5.91 Å². The molecule has 5 nitrogen and oxygen atoms in total. The summed E-state index contributed by atoms with van der Waals surface area (Å²) in [7, 11) is 0. The Bertz CT molecular complexity index is 1300. The predicted octanol–water partition coefficient (Wildman–Crippen LogP) is 6.30. The van der Waals surface area contributed by atoms with Crippen molar-refractivity contribution >= 4 is 23.1 Å². The number of nitrogens with one attached hydrogen (secondary N) is 1. The van der Waals surface area contributed by atoms with Crippen molar-refractivity contribution in [1.29, 1.82) is 0 Å². The summed E-state index contributed by atoms with van der Waals surface area (Å²) in [6, 6.07) is 19.7. The number of aromatic nitrogens is 1. The molecule has 1 N–H and O–H groups in total. The Morgan fingerprint density at radius 1 is 0.971 bits per heavy atom. The number of hydrogen-bond acceptors (Lipinski definition) is 4. The summed E-state index contributed by atoms with van der Waals surface area (Å²) in [4.78, 5) is 32.9. The zero-order chi connectivity index (χ0) is 24.7. The Labute approximate surface area is 206 Å². The summed E-state index contributed by atoms with van der Waals surface area (Å²) in [6.07, 6.45) is 4.57. The van der Waals surface area contributed by atoms with Crippen molar-refractivity contribution in [3.8, 4) is 0 Å². The fourth-order valence-electron chi connectivity index (χ4n) is 5.28. The van der Waals surface area contributed by atoms with Gasteiger partial charge in [-0.25, -0.2) is 0 Å². The van der Waals surface area contributed by atoms with Crippen molar-refractivity contribution in [3.05, 3.63) is 101 Å². The Balaban J connectivity index is 1.62. The average molecular weight is 466 g/mol. The molecule has 2 atom stereocenters. The number of para-hydroxylation sites is 2. The molecular formula is C30H31N3O2. The highest BCUT2D eigenvalue weighted by Gasteiger charge is 2.40. The van der Waals surface area contributed by atoms with Crippen LogP contribution in [0.1, 0.15) is 69.2 Å². The topological polar surface area (TPSA) is 62.3 Å². The van der Waals surface area contributed by atoms with Crippen LogP contribution >= 0.6 is 0 Å². The van der Waals surface area contributed by atoms with Crippen LogP contribution in [0.2, 0.25) is 0 Å². The molecule has 0 saturated carbocycles. The smallest absolute Gasteiger partial charge is 0.224 e. The molecule has 0 bridgehead atoms. The van der Waals surface area contributed by atoms with Crippen molar-refractivity contribution in [1.82, 2.24) is 4.98 Å². The molecule has 0 spiro atoms. The minimum atomic E-state index is -0.524. The second-order valence-corrected chi connectivity index (χ2v) is 10.5. The molecule has 0 radical (unpaired) electrons. The molecule has 0 fully saturated rings. The maximum atomic E-state index is 13.8. The van der Waals surface area contributed by atoms with E-state index in [0.29, 0.717) is 18.4 Å². The number of allylic oxidation sites excluding steroid dienone is 1. The first-order valence-corrected chi connectivity index (χ1v) is 12.2. The zero-order valence-corrected chi connectivity index (χ0v) is 20.7. The lowest BCUT2D eigenvalue weighted by molar-refractivity contribution is -0.117. The third-order valence-corrected chi connectivity index (χ3v) is 7.08. The second kappa shape index (κ2) is 8.81. The van der Waals surface area contributed by atoms with Crippen LogP contribution in [0.3, 0.4) is 0 Å². The number of pyridine rings is 1. The highest BCUT2D eigenvalue weighted by Crippen LogP contribution is 2.47. The van der Waals surface area contributed by atoms with Crippen molar-refractivity contribution in [2.24, 2.45) is 0 Å². The summed E-state index contributed by atoms with van der Waals surface area (Å²) in [5.41, 5.74) is 6.49. The lowest BCUT2D eigenvalue weighted by Gasteiger charge is -2.34. The van der Waals surface area contributed by atoms with Gasteiger partial charge in [-0.2, -0.15) is 0 Å². The third-order valence-electron chi connectivity index (χ3n) is 7.08. The average Bonchev–Trinajstić information content (AvgIpc) is 2.99. The summed E-state index contributed by atoms with van der Waals surface area (Å²) in [5, 5.41) is 3.56. The minimum absolute atomic E-state index is 0.0663. The van der Waals surface area contributed by atoms with Gasteiger partial charge in [-0.1, -0.05) is 63.2 Å². The summed E-state index contributed by atoms with van der Waals surface area (Å²) >= 11 is 0. The molecule has 2 aromatic carbocycles. The normalized spacial score (nSPS) is 20.0. The van der Waals surface area contributed by atoms with E-state index in [-0.39, 0.29) is 23.0 Å². The second-order valence-electron chi connectivity index (χ2n) is 10.5. The van der Waals surface area contributed by atoms with E-state index in [9.17, 15) is 9.59 Å². The molecule has 0 saturated heterocycles. The van der Waals surface area contributed by atoms with Crippen LogP contribution < -0.4 is 10.2 Å². The van der Waals surface area contributed by atoms with Gasteiger partial charge >= 0.3 is 0 Å². The van der Waals surface area contributed by atoms with E-state index in [1.807, 2.05) is 36.4 Å². The number of rotatable bonds is 2. The van der Waals surface area contributed by atoms with Crippen LogP contribution in [-0.2, 0) is 15.0 Å². The first-order valence-electron chi connectivity index (χ1n) is 12.2. The van der Waals surface area contributed by atoms with E-state index in [2.05, 4.69) is 55.3 Å². The zero-order valence-electron chi connectivity index (χ0n) is 20.7. The quantitative estimate of drug-likeness (QED) is 0.482. The number of amides is 1. The van der Waals surface area contributed by atoms with E-state index >= 15 is 0 Å². The highest BCUT2D eigenvalue weighted by atomic mass is 16.2. The van der Waals surface area contributed by atoms with Gasteiger partial charge in [-0.15, -0.1) is 0 Å². The summed E-state index contributed by atoms with van der Waals surface area (Å²) < 4.78 is 0. The fraction of sp³-hybridized carbons (Fsp3) is 0.300. The molecule has 178 valence electrons. The highest BCUT2D eigenvalue weighted by molar-refractivity contribution is 6.05. The standard InChI is InChI=1S/C30H31N3O2/c1-19(34)33-26-10-6-5-9-24(26)32-25-16-22(20-11-13-23(14-12-20)30(2,3)4)17-27(35)28(25)29(33)21-8-7-15-31-18-21/h5-15,18,22,29,32H,16-17H2,1-4H3/t22-,29-/m0/s1. The molecule has 2 aliphatic rings. The van der Waals surface area contributed by atoms with E-state index in [1.165, 1.54) is 11.1 Å². The molecule has 1 aromatic heterocycles. The number of ketones is 1. The molecule has 35 heavy (non-hydrogen) atoms. The number of nitrogens with zero attached hydrogens (tertiary/aromatic N) is 2. The van der Waals surface area contributed by atoms with E-state index < -0.39 is 6.04 Å². The Hall–Kier alpha value is -3.73. The van der Waals surface area contributed by atoms with Crippen LogP contribution in [0.25, 0.3) is 0 Å².